The predicted molar refractivity (Wildman–Crippen MR) is 97.9 cm³/mol. The molecule has 0 rings (SSSR count). The molecule has 0 spiro atoms. The molecule has 2 amide bonds. The van der Waals surface area contributed by atoms with Gasteiger partial charge >= 0.3 is 18.0 Å². The zero-order valence-electron chi connectivity index (χ0n) is 15.2. The minimum atomic E-state index is -1.51. The number of nitrogens with one attached hydrogen (secondary N) is 2. The molecule has 0 aromatic carbocycles. The van der Waals surface area contributed by atoms with E-state index >= 15 is 0 Å². The number of ether oxygens (including phenoxy) is 3. The fourth-order valence-corrected chi connectivity index (χ4v) is 1.80. The van der Waals surface area contributed by atoms with Crippen molar-refractivity contribution in [3.8, 4) is 0 Å². The largest absolute Gasteiger partial charge is 0.460 e. The number of amides is 2. The third-order valence-corrected chi connectivity index (χ3v) is 3.36. The van der Waals surface area contributed by atoms with E-state index in [1.807, 2.05) is 0 Å². The van der Waals surface area contributed by atoms with Crippen molar-refractivity contribution in [2.75, 3.05) is 32.1 Å². The van der Waals surface area contributed by atoms with Crippen LogP contribution in [0.4, 0.5) is 9.59 Å². The average Bonchev–Trinajstić information content (AvgIpc) is 2.59. The Balaban J connectivity index is 3.77. The number of hydrogen-bond acceptors (Lipinski definition) is 9. The molecule has 152 valence electrons. The fraction of sp³-hybridized carbons (Fsp3) is 0.500. The first-order valence-corrected chi connectivity index (χ1v) is 8.80. The lowest BCUT2D eigenvalue weighted by Crippen LogP contribution is -2.33. The van der Waals surface area contributed by atoms with Gasteiger partial charge in [0.15, 0.2) is 0 Å². The quantitative estimate of drug-likeness (QED) is 0.149. The van der Waals surface area contributed by atoms with Gasteiger partial charge in [0.1, 0.15) is 13.2 Å². The Kier molecular flexibility index (Phi) is 12.4. The third kappa shape index (κ3) is 13.3. The van der Waals surface area contributed by atoms with Crippen LogP contribution in [0, 0.1) is 0 Å². The molecule has 0 heterocycles. The Bertz CT molecular complexity index is 579. The molecule has 0 bridgehead atoms. The molecule has 0 fully saturated rings. The summed E-state index contributed by atoms with van der Waals surface area (Å²) >= 11 is 0.685. The molecule has 0 radical (unpaired) electrons. The second-order valence-electron chi connectivity index (χ2n) is 5.14. The second-order valence-corrected chi connectivity index (χ2v) is 6.14. The number of thioether (sulfide) groups is 1. The zero-order chi connectivity index (χ0) is 20.8. The number of carbonyl (C=O) groups is 4. The maximum Gasteiger partial charge on any atom is 0.409 e. The van der Waals surface area contributed by atoms with Crippen molar-refractivity contribution in [3.63, 3.8) is 0 Å². The van der Waals surface area contributed by atoms with Crippen molar-refractivity contribution in [2.45, 2.75) is 20.1 Å². The van der Waals surface area contributed by atoms with E-state index in [1.54, 1.807) is 0 Å². The standard InChI is InChI=1S/C16H24N2O8S/c1-10(2)13(20)24-7-5-17-15(22)26-12(19)9-27-16(23)18-6-8-25-14(21)11(3)4/h12,19H,1,3,5-9H2,2,4H3,(H,17,22)(H,18,23). The van der Waals surface area contributed by atoms with Crippen molar-refractivity contribution in [3.05, 3.63) is 24.3 Å². The summed E-state index contributed by atoms with van der Waals surface area (Å²) in [4.78, 5) is 45.1. The van der Waals surface area contributed by atoms with Gasteiger partial charge < -0.3 is 30.0 Å². The molecule has 0 saturated carbocycles. The summed E-state index contributed by atoms with van der Waals surface area (Å²) in [5, 5.41) is 13.7. The van der Waals surface area contributed by atoms with Gasteiger partial charge in [-0.25, -0.2) is 14.4 Å². The summed E-state index contributed by atoms with van der Waals surface area (Å²) in [6.45, 7) is 9.78. The fourth-order valence-electron chi connectivity index (χ4n) is 1.24. The number of hydrogen-bond donors (Lipinski definition) is 3. The van der Waals surface area contributed by atoms with Gasteiger partial charge in [-0.1, -0.05) is 24.9 Å². The van der Waals surface area contributed by atoms with Crippen molar-refractivity contribution in [2.24, 2.45) is 0 Å². The van der Waals surface area contributed by atoms with Crippen LogP contribution in [0.15, 0.2) is 24.3 Å². The summed E-state index contributed by atoms with van der Waals surface area (Å²) in [6, 6.07) is 0. The van der Waals surface area contributed by atoms with E-state index in [0.717, 1.165) is 0 Å². The minimum absolute atomic E-state index is 0.0128. The van der Waals surface area contributed by atoms with Crippen LogP contribution in [0.2, 0.25) is 0 Å². The van der Waals surface area contributed by atoms with Crippen LogP contribution < -0.4 is 10.6 Å². The molecule has 27 heavy (non-hydrogen) atoms. The second kappa shape index (κ2) is 13.6. The van der Waals surface area contributed by atoms with Gasteiger partial charge in [-0.15, -0.1) is 0 Å². The Labute approximate surface area is 161 Å². The Morgan fingerprint density at radius 3 is 1.93 bits per heavy atom. The average molecular weight is 404 g/mol. The van der Waals surface area contributed by atoms with Crippen molar-refractivity contribution in [1.29, 1.82) is 0 Å². The van der Waals surface area contributed by atoms with Gasteiger partial charge in [-0.05, 0) is 13.8 Å². The maximum absolute atomic E-state index is 11.5. The molecule has 0 aliphatic heterocycles. The molecule has 0 aromatic rings. The Morgan fingerprint density at radius 1 is 0.963 bits per heavy atom. The first-order chi connectivity index (χ1) is 12.6. The highest BCUT2D eigenvalue weighted by atomic mass is 32.2. The van der Waals surface area contributed by atoms with Gasteiger partial charge in [-0.2, -0.15) is 0 Å². The van der Waals surface area contributed by atoms with Crippen molar-refractivity contribution < 1.29 is 38.5 Å². The SMILES string of the molecule is C=C(C)C(=O)OCCNC(=O)OC(O)CSC(=O)NCCOC(=O)C(=C)C. The highest BCUT2D eigenvalue weighted by Crippen LogP contribution is 2.05. The van der Waals surface area contributed by atoms with Crippen LogP contribution in [0.1, 0.15) is 13.8 Å². The van der Waals surface area contributed by atoms with Crippen molar-refractivity contribution in [1.82, 2.24) is 10.6 Å². The van der Waals surface area contributed by atoms with Crippen LogP contribution in [0.3, 0.4) is 0 Å². The summed E-state index contributed by atoms with van der Waals surface area (Å²) < 4.78 is 14.1. The van der Waals surface area contributed by atoms with Crippen LogP contribution in [-0.4, -0.2) is 66.7 Å². The van der Waals surface area contributed by atoms with Crippen LogP contribution in [-0.2, 0) is 23.8 Å². The van der Waals surface area contributed by atoms with E-state index < -0.39 is 29.6 Å². The summed E-state index contributed by atoms with van der Waals surface area (Å²) in [7, 11) is 0. The topological polar surface area (TPSA) is 140 Å². The molecule has 0 aromatic heterocycles. The van der Waals surface area contributed by atoms with Crippen LogP contribution in [0.25, 0.3) is 0 Å². The summed E-state index contributed by atoms with van der Waals surface area (Å²) in [5.74, 6) is -1.33. The lowest BCUT2D eigenvalue weighted by Gasteiger charge is -2.12. The molecule has 11 heteroatoms. The van der Waals surface area contributed by atoms with Gasteiger partial charge in [0, 0.05) is 11.1 Å². The molecular weight excluding hydrogens is 380 g/mol. The molecule has 1 atom stereocenters. The number of carbonyl (C=O) groups excluding carboxylic acids is 4. The number of aliphatic hydroxyl groups is 1. The molecule has 10 nitrogen and oxygen atoms in total. The van der Waals surface area contributed by atoms with Gasteiger partial charge in [-0.3, -0.25) is 4.79 Å². The highest BCUT2D eigenvalue weighted by Gasteiger charge is 2.14. The smallest absolute Gasteiger partial charge is 0.409 e. The van der Waals surface area contributed by atoms with Crippen LogP contribution in [0.5, 0.6) is 0 Å². The molecule has 0 aliphatic rings. The Morgan fingerprint density at radius 2 is 1.44 bits per heavy atom. The van der Waals surface area contributed by atoms with Crippen molar-refractivity contribution >= 4 is 35.0 Å². The maximum atomic E-state index is 11.5. The van der Waals surface area contributed by atoms with Gasteiger partial charge in [0.25, 0.3) is 5.24 Å². The lowest BCUT2D eigenvalue weighted by atomic mass is 10.4. The van der Waals surface area contributed by atoms with E-state index in [1.165, 1.54) is 13.8 Å². The normalized spacial score (nSPS) is 10.9. The minimum Gasteiger partial charge on any atom is -0.460 e. The first kappa shape index (κ1) is 24.5. The summed E-state index contributed by atoms with van der Waals surface area (Å²) in [6.07, 6.45) is -2.44. The van der Waals surface area contributed by atoms with E-state index in [9.17, 15) is 24.3 Å². The molecular formula is C16H24N2O8S. The molecule has 0 saturated heterocycles. The van der Waals surface area contributed by atoms with Gasteiger partial charge in [0.2, 0.25) is 6.29 Å². The van der Waals surface area contributed by atoms with E-state index in [2.05, 4.69) is 28.5 Å². The lowest BCUT2D eigenvalue weighted by molar-refractivity contribution is -0.139. The van der Waals surface area contributed by atoms with Gasteiger partial charge in [0.05, 0.1) is 18.8 Å². The number of esters is 2. The van der Waals surface area contributed by atoms with E-state index in [-0.39, 0.29) is 43.2 Å². The van der Waals surface area contributed by atoms with Crippen LogP contribution >= 0.6 is 11.8 Å². The molecule has 0 aliphatic carbocycles. The zero-order valence-corrected chi connectivity index (χ0v) is 16.1. The number of aliphatic hydroxyl groups excluding tert-OH is 1. The first-order valence-electron chi connectivity index (χ1n) is 7.82. The third-order valence-electron chi connectivity index (χ3n) is 2.51. The Hall–Kier alpha value is -2.53. The number of alkyl carbamates (subject to hydrolysis) is 1. The molecule has 3 N–H and O–H groups in total. The number of rotatable bonds is 11. The predicted octanol–water partition coefficient (Wildman–Crippen LogP) is 0.712. The highest BCUT2D eigenvalue weighted by molar-refractivity contribution is 8.13. The molecule has 1 unspecified atom stereocenters. The van der Waals surface area contributed by atoms with E-state index in [4.69, 9.17) is 9.47 Å². The van der Waals surface area contributed by atoms with E-state index in [0.29, 0.717) is 11.8 Å². The monoisotopic (exact) mass is 404 g/mol. The summed E-state index contributed by atoms with van der Waals surface area (Å²) in [5.41, 5.74) is 0.487.